The van der Waals surface area contributed by atoms with Crippen molar-refractivity contribution < 1.29 is 16.8 Å². The molecule has 18 heavy (non-hydrogen) atoms. The molecule has 1 fully saturated rings. The second-order valence-electron chi connectivity index (χ2n) is 4.10. The van der Waals surface area contributed by atoms with E-state index in [1.807, 2.05) is 0 Å². The summed E-state index contributed by atoms with van der Waals surface area (Å²) < 4.78 is 48.4. The van der Waals surface area contributed by atoms with Gasteiger partial charge in [0.1, 0.15) is 9.84 Å². The van der Waals surface area contributed by atoms with Gasteiger partial charge in [0.05, 0.1) is 16.8 Å². The van der Waals surface area contributed by atoms with E-state index in [2.05, 4.69) is 14.7 Å². The highest BCUT2D eigenvalue weighted by molar-refractivity contribution is 7.92. The molecule has 104 valence electrons. The third kappa shape index (κ3) is 4.81. The second kappa shape index (κ2) is 6.37. The Morgan fingerprint density at radius 2 is 1.94 bits per heavy atom. The van der Waals surface area contributed by atoms with Crippen molar-refractivity contribution in [3.8, 4) is 0 Å². The zero-order valence-corrected chi connectivity index (χ0v) is 11.5. The van der Waals surface area contributed by atoms with Crippen molar-refractivity contribution in [2.24, 2.45) is 5.11 Å². The van der Waals surface area contributed by atoms with E-state index in [0.29, 0.717) is 6.42 Å². The van der Waals surface area contributed by atoms with Crippen LogP contribution in [0, 0.1) is 0 Å². The number of sulfonamides is 1. The van der Waals surface area contributed by atoms with Gasteiger partial charge < -0.3 is 0 Å². The van der Waals surface area contributed by atoms with E-state index in [9.17, 15) is 16.8 Å². The molecule has 1 saturated heterocycles. The van der Waals surface area contributed by atoms with Gasteiger partial charge in [-0.25, -0.2) is 21.6 Å². The normalized spacial score (nSPS) is 20.2. The second-order valence-corrected chi connectivity index (χ2v) is 8.45. The number of nitrogens with zero attached hydrogens (tertiary/aromatic N) is 3. The first kappa shape index (κ1) is 15.2. The maximum absolute atomic E-state index is 11.8. The lowest BCUT2D eigenvalue weighted by Crippen LogP contribution is -2.40. The first-order valence-electron chi connectivity index (χ1n) is 5.57. The Hall–Kier alpha value is -0.830. The molecular weight excluding hydrogens is 280 g/mol. The number of sulfone groups is 1. The molecule has 0 amide bonds. The van der Waals surface area contributed by atoms with Crippen LogP contribution in [0.3, 0.4) is 0 Å². The van der Waals surface area contributed by atoms with Crippen LogP contribution in [0.15, 0.2) is 5.11 Å². The molecule has 1 N–H and O–H groups in total. The Morgan fingerprint density at radius 3 is 2.50 bits per heavy atom. The molecule has 0 aliphatic carbocycles. The SMILES string of the molecule is [N-]=[N+]=NCCCNS(=O)(=O)C1CCS(=O)(=O)CC1. The van der Waals surface area contributed by atoms with Crippen LogP contribution in [0.25, 0.3) is 10.4 Å². The van der Waals surface area contributed by atoms with Gasteiger partial charge in [0.15, 0.2) is 0 Å². The molecule has 0 aromatic heterocycles. The first-order chi connectivity index (χ1) is 8.37. The van der Waals surface area contributed by atoms with E-state index in [1.165, 1.54) is 0 Å². The van der Waals surface area contributed by atoms with Gasteiger partial charge in [0.2, 0.25) is 10.0 Å². The zero-order chi connectivity index (χ0) is 13.6. The molecule has 0 bridgehead atoms. The molecule has 8 nitrogen and oxygen atoms in total. The molecule has 0 spiro atoms. The minimum Gasteiger partial charge on any atom is -0.229 e. The van der Waals surface area contributed by atoms with Gasteiger partial charge in [0.25, 0.3) is 0 Å². The van der Waals surface area contributed by atoms with Crippen LogP contribution in [0.2, 0.25) is 0 Å². The van der Waals surface area contributed by atoms with Crippen molar-refractivity contribution in [2.45, 2.75) is 24.5 Å². The third-order valence-corrected chi connectivity index (χ3v) is 6.41. The van der Waals surface area contributed by atoms with Gasteiger partial charge in [-0.05, 0) is 24.8 Å². The fourth-order valence-corrected chi connectivity index (χ4v) is 5.02. The summed E-state index contributed by atoms with van der Waals surface area (Å²) in [5.74, 6) is -0.144. The molecule has 0 aromatic rings. The van der Waals surface area contributed by atoms with Crippen LogP contribution >= 0.6 is 0 Å². The number of hydrogen-bond donors (Lipinski definition) is 1. The third-order valence-electron chi connectivity index (χ3n) is 2.74. The maximum atomic E-state index is 11.8. The van der Waals surface area contributed by atoms with Gasteiger partial charge in [-0.15, -0.1) is 0 Å². The predicted molar refractivity (Wildman–Crippen MR) is 67.2 cm³/mol. The smallest absolute Gasteiger partial charge is 0.214 e. The summed E-state index contributed by atoms with van der Waals surface area (Å²) in [5.41, 5.74) is 8.04. The summed E-state index contributed by atoms with van der Waals surface area (Å²) in [7, 11) is -6.53. The molecule has 1 aliphatic heterocycles. The largest absolute Gasteiger partial charge is 0.229 e. The minimum absolute atomic E-state index is 0.0721. The van der Waals surface area contributed by atoms with Crippen molar-refractivity contribution in [1.82, 2.24) is 4.72 Å². The van der Waals surface area contributed by atoms with E-state index in [4.69, 9.17) is 5.53 Å². The Morgan fingerprint density at radius 1 is 1.33 bits per heavy atom. The molecule has 1 aliphatic rings. The van der Waals surface area contributed by atoms with E-state index in [1.54, 1.807) is 0 Å². The fourth-order valence-electron chi connectivity index (χ4n) is 1.71. The molecule has 1 heterocycles. The van der Waals surface area contributed by atoms with Gasteiger partial charge >= 0.3 is 0 Å². The standard InChI is InChI=1S/C8H16N4O4S2/c9-12-10-4-1-5-11-18(15,16)8-2-6-17(13,14)7-3-8/h8,11H,1-7H2. The van der Waals surface area contributed by atoms with Crippen LogP contribution in [0.5, 0.6) is 0 Å². The Bertz CT molecular complexity index is 507. The quantitative estimate of drug-likeness (QED) is 0.324. The number of rotatable bonds is 6. The highest BCUT2D eigenvalue weighted by Crippen LogP contribution is 2.18. The molecule has 10 heteroatoms. The van der Waals surface area contributed by atoms with E-state index in [0.717, 1.165) is 0 Å². The first-order valence-corrected chi connectivity index (χ1v) is 8.94. The monoisotopic (exact) mass is 296 g/mol. The molecule has 1 rings (SSSR count). The van der Waals surface area contributed by atoms with E-state index >= 15 is 0 Å². The van der Waals surface area contributed by atoms with Gasteiger partial charge in [0, 0.05) is 18.0 Å². The lowest BCUT2D eigenvalue weighted by Gasteiger charge is -2.22. The number of nitrogens with one attached hydrogen (secondary N) is 1. The van der Waals surface area contributed by atoms with Crippen molar-refractivity contribution in [3.05, 3.63) is 10.4 Å². The summed E-state index contributed by atoms with van der Waals surface area (Å²) >= 11 is 0. The summed E-state index contributed by atoms with van der Waals surface area (Å²) in [4.78, 5) is 2.56. The predicted octanol–water partition coefficient (Wildman–Crippen LogP) is 0.183. The van der Waals surface area contributed by atoms with E-state index in [-0.39, 0.29) is 37.4 Å². The van der Waals surface area contributed by atoms with Crippen molar-refractivity contribution in [1.29, 1.82) is 0 Å². The molecule has 0 saturated carbocycles. The van der Waals surface area contributed by atoms with Crippen LogP contribution in [-0.4, -0.2) is 46.7 Å². The highest BCUT2D eigenvalue weighted by Gasteiger charge is 2.32. The van der Waals surface area contributed by atoms with Crippen molar-refractivity contribution >= 4 is 19.9 Å². The summed E-state index contributed by atoms with van der Waals surface area (Å²) in [6.45, 7) is 0.433. The Balaban J connectivity index is 2.42. The highest BCUT2D eigenvalue weighted by atomic mass is 32.2. The van der Waals surface area contributed by atoms with Gasteiger partial charge in [-0.1, -0.05) is 5.11 Å². The molecule has 0 unspecified atom stereocenters. The fraction of sp³-hybridized carbons (Fsp3) is 1.00. The van der Waals surface area contributed by atoms with Crippen molar-refractivity contribution in [3.63, 3.8) is 0 Å². The Labute approximate surface area is 106 Å². The average Bonchev–Trinajstić information content (AvgIpc) is 2.28. The lowest BCUT2D eigenvalue weighted by atomic mass is 10.2. The lowest BCUT2D eigenvalue weighted by molar-refractivity contribution is 0.541. The maximum Gasteiger partial charge on any atom is 0.214 e. The molecular formula is C8H16N4O4S2. The summed E-state index contributed by atoms with van der Waals surface area (Å²) in [6, 6.07) is 0. The Kier molecular flexibility index (Phi) is 5.39. The van der Waals surface area contributed by atoms with Crippen molar-refractivity contribution in [2.75, 3.05) is 24.6 Å². The zero-order valence-electron chi connectivity index (χ0n) is 9.82. The topological polar surface area (TPSA) is 129 Å². The number of hydrogen-bond acceptors (Lipinski definition) is 5. The minimum atomic E-state index is -3.47. The van der Waals surface area contributed by atoms with E-state index < -0.39 is 25.1 Å². The van der Waals surface area contributed by atoms with Gasteiger partial charge in [-0.2, -0.15) is 0 Å². The van der Waals surface area contributed by atoms with Crippen LogP contribution in [0.1, 0.15) is 19.3 Å². The number of azide groups is 1. The van der Waals surface area contributed by atoms with Crippen LogP contribution < -0.4 is 4.72 Å². The molecule has 0 radical (unpaired) electrons. The van der Waals surface area contributed by atoms with Crippen LogP contribution in [-0.2, 0) is 19.9 Å². The average molecular weight is 296 g/mol. The van der Waals surface area contributed by atoms with Crippen LogP contribution in [0.4, 0.5) is 0 Å². The molecule has 0 aromatic carbocycles. The summed E-state index contributed by atoms with van der Waals surface area (Å²) in [5, 5.41) is 2.65. The molecule has 0 atom stereocenters. The summed E-state index contributed by atoms with van der Waals surface area (Å²) in [6.07, 6.45) is 0.719. The van der Waals surface area contributed by atoms with Gasteiger partial charge in [-0.3, -0.25) is 0 Å².